The van der Waals surface area contributed by atoms with Crippen LogP contribution in [0.3, 0.4) is 0 Å². The van der Waals surface area contributed by atoms with Gasteiger partial charge in [-0.05, 0) is 30.6 Å². The topological polar surface area (TPSA) is 17.1 Å². The second-order valence-electron chi connectivity index (χ2n) is 8.00. The SMILES string of the molecule is CC1CCCCCCCCCCC(=O)CCCCC1(C)C. The van der Waals surface area contributed by atoms with Gasteiger partial charge in [0, 0.05) is 12.8 Å². The Morgan fingerprint density at radius 2 is 1.24 bits per heavy atom. The van der Waals surface area contributed by atoms with Gasteiger partial charge in [0.2, 0.25) is 0 Å². The van der Waals surface area contributed by atoms with E-state index >= 15 is 0 Å². The molecule has 1 aliphatic rings. The summed E-state index contributed by atoms with van der Waals surface area (Å²) in [5.41, 5.74) is 0.441. The van der Waals surface area contributed by atoms with E-state index in [2.05, 4.69) is 20.8 Å². The highest BCUT2D eigenvalue weighted by Crippen LogP contribution is 2.35. The van der Waals surface area contributed by atoms with E-state index in [1.54, 1.807) is 0 Å². The van der Waals surface area contributed by atoms with Crippen LogP contribution in [-0.2, 0) is 4.79 Å². The van der Waals surface area contributed by atoms with Gasteiger partial charge >= 0.3 is 0 Å². The third kappa shape index (κ3) is 8.63. The quantitative estimate of drug-likeness (QED) is 0.486. The lowest BCUT2D eigenvalue weighted by atomic mass is 9.74. The van der Waals surface area contributed by atoms with E-state index in [0.29, 0.717) is 11.2 Å². The molecule has 0 aromatic carbocycles. The number of hydrogen-bond acceptors (Lipinski definition) is 1. The fourth-order valence-electron chi connectivity index (χ4n) is 3.50. The molecule has 1 nitrogen and oxygen atoms in total. The molecule has 1 heteroatoms. The predicted molar refractivity (Wildman–Crippen MR) is 92.6 cm³/mol. The van der Waals surface area contributed by atoms with Crippen LogP contribution in [0.15, 0.2) is 0 Å². The van der Waals surface area contributed by atoms with Gasteiger partial charge in [-0.3, -0.25) is 4.79 Å². The van der Waals surface area contributed by atoms with Crippen LogP contribution in [0, 0.1) is 11.3 Å². The molecule has 1 fully saturated rings. The molecular formula is C20H38O. The molecular weight excluding hydrogens is 256 g/mol. The third-order valence-corrected chi connectivity index (χ3v) is 5.70. The first-order valence-corrected chi connectivity index (χ1v) is 9.54. The van der Waals surface area contributed by atoms with E-state index in [4.69, 9.17) is 0 Å². The molecule has 0 heterocycles. The van der Waals surface area contributed by atoms with Crippen LogP contribution in [0.5, 0.6) is 0 Å². The van der Waals surface area contributed by atoms with Crippen LogP contribution in [0.25, 0.3) is 0 Å². The van der Waals surface area contributed by atoms with Crippen LogP contribution in [0.1, 0.15) is 111 Å². The van der Waals surface area contributed by atoms with Gasteiger partial charge in [0.25, 0.3) is 0 Å². The Balaban J connectivity index is 2.40. The molecule has 0 spiro atoms. The van der Waals surface area contributed by atoms with Gasteiger partial charge in [-0.2, -0.15) is 0 Å². The molecule has 0 aromatic rings. The van der Waals surface area contributed by atoms with E-state index in [9.17, 15) is 4.79 Å². The molecule has 1 rings (SSSR count). The third-order valence-electron chi connectivity index (χ3n) is 5.70. The van der Waals surface area contributed by atoms with Crippen molar-refractivity contribution in [3.63, 3.8) is 0 Å². The Morgan fingerprint density at radius 3 is 1.86 bits per heavy atom. The number of hydrogen-bond donors (Lipinski definition) is 0. The van der Waals surface area contributed by atoms with Gasteiger partial charge in [-0.1, -0.05) is 78.6 Å². The summed E-state index contributed by atoms with van der Waals surface area (Å²) in [6.45, 7) is 7.28. The zero-order valence-electron chi connectivity index (χ0n) is 14.9. The van der Waals surface area contributed by atoms with Gasteiger partial charge in [-0.25, -0.2) is 0 Å². The van der Waals surface area contributed by atoms with Gasteiger partial charge in [0.1, 0.15) is 5.78 Å². The second-order valence-corrected chi connectivity index (χ2v) is 8.00. The first-order valence-electron chi connectivity index (χ1n) is 9.54. The minimum Gasteiger partial charge on any atom is -0.300 e. The molecule has 0 bridgehead atoms. The molecule has 1 atom stereocenters. The van der Waals surface area contributed by atoms with Gasteiger partial charge in [0.15, 0.2) is 0 Å². The summed E-state index contributed by atoms with van der Waals surface area (Å²) in [5.74, 6) is 1.31. The standard InChI is InChI=1S/C20H38O/c1-18-14-10-8-6-4-5-7-9-11-15-19(21)16-12-13-17-20(18,2)3/h18H,4-17H2,1-3H3. The maximum atomic E-state index is 11.9. The fraction of sp³-hybridized carbons (Fsp3) is 0.950. The minimum atomic E-state index is 0.441. The highest BCUT2D eigenvalue weighted by molar-refractivity contribution is 5.78. The Morgan fingerprint density at radius 1 is 0.762 bits per heavy atom. The Hall–Kier alpha value is -0.330. The predicted octanol–water partition coefficient (Wildman–Crippen LogP) is 6.69. The lowest BCUT2D eigenvalue weighted by Gasteiger charge is -2.32. The summed E-state index contributed by atoms with van der Waals surface area (Å²) in [5, 5.41) is 0. The van der Waals surface area contributed by atoms with Crippen LogP contribution < -0.4 is 0 Å². The average Bonchev–Trinajstić information content (AvgIpc) is 2.44. The Labute approximate surface area is 133 Å². The zero-order valence-corrected chi connectivity index (χ0v) is 14.9. The van der Waals surface area contributed by atoms with E-state index in [-0.39, 0.29) is 0 Å². The summed E-state index contributed by atoms with van der Waals surface area (Å²) < 4.78 is 0. The Kier molecular flexibility index (Phi) is 9.27. The van der Waals surface area contributed by atoms with Gasteiger partial charge in [-0.15, -0.1) is 0 Å². The molecule has 0 aliphatic heterocycles. The summed E-state index contributed by atoms with van der Waals surface area (Å²) in [7, 11) is 0. The maximum absolute atomic E-state index is 11.9. The van der Waals surface area contributed by atoms with E-state index in [0.717, 1.165) is 31.6 Å². The van der Waals surface area contributed by atoms with E-state index in [1.807, 2.05) is 0 Å². The molecule has 0 aromatic heterocycles. The number of Topliss-reactive ketones (excluding diaryl/α,β-unsaturated/α-hetero) is 1. The molecule has 124 valence electrons. The van der Waals surface area contributed by atoms with Crippen molar-refractivity contribution in [1.82, 2.24) is 0 Å². The summed E-state index contributed by atoms with van der Waals surface area (Å²) in [4.78, 5) is 11.9. The summed E-state index contributed by atoms with van der Waals surface area (Å²) >= 11 is 0. The van der Waals surface area contributed by atoms with Crippen molar-refractivity contribution in [2.75, 3.05) is 0 Å². The summed E-state index contributed by atoms with van der Waals surface area (Å²) in [6, 6.07) is 0. The molecule has 21 heavy (non-hydrogen) atoms. The van der Waals surface area contributed by atoms with E-state index < -0.39 is 0 Å². The van der Waals surface area contributed by atoms with Crippen molar-refractivity contribution in [3.8, 4) is 0 Å². The van der Waals surface area contributed by atoms with E-state index in [1.165, 1.54) is 64.2 Å². The first-order chi connectivity index (χ1) is 10.0. The minimum absolute atomic E-state index is 0.441. The summed E-state index contributed by atoms with van der Waals surface area (Å²) in [6.07, 6.45) is 17.4. The van der Waals surface area contributed by atoms with Crippen molar-refractivity contribution in [1.29, 1.82) is 0 Å². The lowest BCUT2D eigenvalue weighted by Crippen LogP contribution is -2.21. The lowest BCUT2D eigenvalue weighted by molar-refractivity contribution is -0.119. The van der Waals surface area contributed by atoms with Crippen molar-refractivity contribution in [3.05, 3.63) is 0 Å². The fourth-order valence-corrected chi connectivity index (χ4v) is 3.50. The van der Waals surface area contributed by atoms with Crippen molar-refractivity contribution in [2.45, 2.75) is 111 Å². The highest BCUT2D eigenvalue weighted by atomic mass is 16.1. The highest BCUT2D eigenvalue weighted by Gasteiger charge is 2.24. The molecule has 1 unspecified atom stereocenters. The second kappa shape index (κ2) is 10.4. The largest absolute Gasteiger partial charge is 0.300 e. The first kappa shape index (κ1) is 18.7. The Bertz CT molecular complexity index is 280. The molecule has 1 aliphatic carbocycles. The maximum Gasteiger partial charge on any atom is 0.132 e. The zero-order chi connectivity index (χ0) is 15.6. The van der Waals surface area contributed by atoms with Crippen LogP contribution in [-0.4, -0.2) is 5.78 Å². The van der Waals surface area contributed by atoms with Crippen molar-refractivity contribution < 1.29 is 4.79 Å². The average molecular weight is 295 g/mol. The van der Waals surface area contributed by atoms with Crippen molar-refractivity contribution >= 4 is 5.78 Å². The molecule has 0 radical (unpaired) electrons. The number of ketones is 1. The monoisotopic (exact) mass is 294 g/mol. The smallest absolute Gasteiger partial charge is 0.132 e. The molecule has 1 saturated carbocycles. The molecule has 0 N–H and O–H groups in total. The van der Waals surface area contributed by atoms with Crippen LogP contribution in [0.2, 0.25) is 0 Å². The normalized spacial score (nSPS) is 28.0. The van der Waals surface area contributed by atoms with Crippen LogP contribution >= 0.6 is 0 Å². The number of rotatable bonds is 0. The van der Waals surface area contributed by atoms with Crippen molar-refractivity contribution in [2.24, 2.45) is 11.3 Å². The molecule has 0 amide bonds. The van der Waals surface area contributed by atoms with Gasteiger partial charge < -0.3 is 0 Å². The van der Waals surface area contributed by atoms with Crippen LogP contribution in [0.4, 0.5) is 0 Å². The van der Waals surface area contributed by atoms with Gasteiger partial charge in [0.05, 0.1) is 0 Å². The number of carbonyl (C=O) groups is 1. The number of carbonyl (C=O) groups excluding carboxylic acids is 1. The molecule has 0 saturated heterocycles.